The molecule has 100 valence electrons. The molecular formula is C11H13F3N2O2. The Balaban J connectivity index is 2.92. The molecule has 0 aliphatic heterocycles. The van der Waals surface area contributed by atoms with Crippen molar-refractivity contribution in [1.82, 2.24) is 0 Å². The Labute approximate surface area is 102 Å². The number of nitrogens with one attached hydrogen (secondary N) is 1. The van der Waals surface area contributed by atoms with Gasteiger partial charge in [0.15, 0.2) is 0 Å². The number of phenols is 1. The number of rotatable bonds is 3. The fourth-order valence-corrected chi connectivity index (χ4v) is 1.31. The van der Waals surface area contributed by atoms with Crippen molar-refractivity contribution in [2.45, 2.75) is 25.6 Å². The lowest BCUT2D eigenvalue weighted by atomic mass is 10.1. The molecule has 0 saturated heterocycles. The summed E-state index contributed by atoms with van der Waals surface area (Å²) in [4.78, 5) is 11.4. The third-order valence-corrected chi connectivity index (χ3v) is 2.11. The van der Waals surface area contributed by atoms with E-state index in [1.165, 1.54) is 0 Å². The van der Waals surface area contributed by atoms with Gasteiger partial charge in [-0.05, 0) is 25.1 Å². The molecule has 0 spiro atoms. The molecule has 1 atom stereocenters. The molecule has 1 aromatic rings. The van der Waals surface area contributed by atoms with Crippen molar-refractivity contribution in [3.63, 3.8) is 0 Å². The molecule has 0 saturated carbocycles. The van der Waals surface area contributed by atoms with Crippen LogP contribution < -0.4 is 11.1 Å². The maximum Gasteiger partial charge on any atom is 0.416 e. The standard InChI is InChI=1S/C11H13F3N2O2/c1-6(15)4-10(18)16-8-5-7(11(12,13)14)2-3-9(8)17/h2-3,5-6,17H,4,15H2,1H3,(H,16,18). The summed E-state index contributed by atoms with van der Waals surface area (Å²) < 4.78 is 37.3. The lowest BCUT2D eigenvalue weighted by Gasteiger charge is -2.12. The van der Waals surface area contributed by atoms with Crippen molar-refractivity contribution in [2.75, 3.05) is 5.32 Å². The zero-order valence-electron chi connectivity index (χ0n) is 9.58. The van der Waals surface area contributed by atoms with E-state index >= 15 is 0 Å². The van der Waals surface area contributed by atoms with Gasteiger partial charge in [0.25, 0.3) is 0 Å². The van der Waals surface area contributed by atoms with Gasteiger partial charge in [-0.25, -0.2) is 0 Å². The highest BCUT2D eigenvalue weighted by Gasteiger charge is 2.31. The average molecular weight is 262 g/mol. The summed E-state index contributed by atoms with van der Waals surface area (Å²) >= 11 is 0. The molecule has 1 amide bonds. The Morgan fingerprint density at radius 2 is 2.11 bits per heavy atom. The van der Waals surface area contributed by atoms with Gasteiger partial charge in [-0.1, -0.05) is 0 Å². The number of carbonyl (C=O) groups excluding carboxylic acids is 1. The summed E-state index contributed by atoms with van der Waals surface area (Å²) in [5, 5.41) is 11.6. The molecule has 1 unspecified atom stereocenters. The van der Waals surface area contributed by atoms with Crippen LogP contribution in [0.1, 0.15) is 18.9 Å². The van der Waals surface area contributed by atoms with E-state index in [1.807, 2.05) is 0 Å². The number of hydrogen-bond acceptors (Lipinski definition) is 3. The maximum absolute atomic E-state index is 12.4. The number of phenolic OH excluding ortho intramolecular Hbond substituents is 1. The molecule has 18 heavy (non-hydrogen) atoms. The van der Waals surface area contributed by atoms with Gasteiger partial charge in [0.05, 0.1) is 11.3 Å². The van der Waals surface area contributed by atoms with Crippen LogP contribution in [0.4, 0.5) is 18.9 Å². The van der Waals surface area contributed by atoms with Crippen molar-refractivity contribution < 1.29 is 23.1 Å². The molecule has 0 bridgehead atoms. The second-order valence-electron chi connectivity index (χ2n) is 3.96. The second kappa shape index (κ2) is 5.26. The molecule has 4 N–H and O–H groups in total. The van der Waals surface area contributed by atoms with Crippen molar-refractivity contribution in [3.8, 4) is 5.75 Å². The number of anilines is 1. The van der Waals surface area contributed by atoms with E-state index in [0.717, 1.165) is 12.1 Å². The van der Waals surface area contributed by atoms with E-state index in [4.69, 9.17) is 5.73 Å². The first-order chi connectivity index (χ1) is 8.20. The van der Waals surface area contributed by atoms with Crippen LogP contribution >= 0.6 is 0 Å². The van der Waals surface area contributed by atoms with Gasteiger partial charge < -0.3 is 16.2 Å². The third kappa shape index (κ3) is 3.92. The van der Waals surface area contributed by atoms with Gasteiger partial charge in [0, 0.05) is 12.5 Å². The van der Waals surface area contributed by atoms with Crippen molar-refractivity contribution in [1.29, 1.82) is 0 Å². The smallest absolute Gasteiger partial charge is 0.416 e. The zero-order chi connectivity index (χ0) is 13.9. The Kier molecular flexibility index (Phi) is 4.18. The van der Waals surface area contributed by atoms with Gasteiger partial charge in [-0.3, -0.25) is 4.79 Å². The molecule has 0 aromatic heterocycles. The van der Waals surface area contributed by atoms with Crippen LogP contribution in [0.2, 0.25) is 0 Å². The predicted octanol–water partition coefficient (Wildman–Crippen LogP) is 2.09. The van der Waals surface area contributed by atoms with Gasteiger partial charge in [0.1, 0.15) is 5.75 Å². The topological polar surface area (TPSA) is 75.4 Å². The van der Waals surface area contributed by atoms with E-state index in [0.29, 0.717) is 6.07 Å². The minimum Gasteiger partial charge on any atom is -0.506 e. The minimum absolute atomic E-state index is 0.0459. The number of nitrogens with two attached hydrogens (primary N) is 1. The van der Waals surface area contributed by atoms with Crippen LogP contribution in [0.3, 0.4) is 0 Å². The minimum atomic E-state index is -4.53. The van der Waals surface area contributed by atoms with E-state index in [9.17, 15) is 23.1 Å². The normalized spacial score (nSPS) is 13.2. The second-order valence-corrected chi connectivity index (χ2v) is 3.96. The molecule has 7 heteroatoms. The monoisotopic (exact) mass is 262 g/mol. The largest absolute Gasteiger partial charge is 0.506 e. The van der Waals surface area contributed by atoms with Crippen molar-refractivity contribution >= 4 is 11.6 Å². The highest BCUT2D eigenvalue weighted by molar-refractivity contribution is 5.92. The van der Waals surface area contributed by atoms with Crippen molar-refractivity contribution in [2.24, 2.45) is 5.73 Å². The van der Waals surface area contributed by atoms with E-state index < -0.39 is 29.4 Å². The number of halogens is 3. The first kappa shape index (κ1) is 14.3. The fourth-order valence-electron chi connectivity index (χ4n) is 1.31. The predicted molar refractivity (Wildman–Crippen MR) is 60.0 cm³/mol. The number of amides is 1. The van der Waals surface area contributed by atoms with Gasteiger partial charge in [-0.2, -0.15) is 13.2 Å². The van der Waals surface area contributed by atoms with Crippen molar-refractivity contribution in [3.05, 3.63) is 23.8 Å². The fraction of sp³-hybridized carbons (Fsp3) is 0.364. The summed E-state index contributed by atoms with van der Waals surface area (Å²) in [5.74, 6) is -0.986. The molecule has 0 heterocycles. The lowest BCUT2D eigenvalue weighted by Crippen LogP contribution is -2.24. The van der Waals surface area contributed by atoms with Crippen LogP contribution in [-0.2, 0) is 11.0 Å². The lowest BCUT2D eigenvalue weighted by molar-refractivity contribution is -0.137. The average Bonchev–Trinajstić information content (AvgIpc) is 2.18. The first-order valence-electron chi connectivity index (χ1n) is 5.16. The molecule has 0 radical (unpaired) electrons. The molecule has 0 aliphatic rings. The van der Waals surface area contributed by atoms with Crippen LogP contribution in [0.15, 0.2) is 18.2 Å². The molecule has 0 fully saturated rings. The molecule has 4 nitrogen and oxygen atoms in total. The number of carbonyl (C=O) groups is 1. The first-order valence-corrected chi connectivity index (χ1v) is 5.16. The van der Waals surface area contributed by atoms with E-state index in [2.05, 4.69) is 5.32 Å². The maximum atomic E-state index is 12.4. The molecule has 1 aromatic carbocycles. The summed E-state index contributed by atoms with van der Waals surface area (Å²) in [6.45, 7) is 1.59. The SMILES string of the molecule is CC(N)CC(=O)Nc1cc(C(F)(F)F)ccc1O. The van der Waals surface area contributed by atoms with Gasteiger partial charge in [-0.15, -0.1) is 0 Å². The molecule has 1 rings (SSSR count). The highest BCUT2D eigenvalue weighted by atomic mass is 19.4. The van der Waals surface area contributed by atoms with Crippen LogP contribution in [0.25, 0.3) is 0 Å². The summed E-state index contributed by atoms with van der Waals surface area (Å²) in [7, 11) is 0. The number of hydrogen-bond donors (Lipinski definition) is 3. The number of alkyl halides is 3. The van der Waals surface area contributed by atoms with Gasteiger partial charge in [0.2, 0.25) is 5.91 Å². The third-order valence-electron chi connectivity index (χ3n) is 2.11. The van der Waals surface area contributed by atoms with Gasteiger partial charge >= 0.3 is 6.18 Å². The van der Waals surface area contributed by atoms with E-state index in [1.54, 1.807) is 6.92 Å². The quantitative estimate of drug-likeness (QED) is 0.730. The van der Waals surface area contributed by atoms with Crippen LogP contribution in [-0.4, -0.2) is 17.1 Å². The summed E-state index contributed by atoms with van der Waals surface area (Å²) in [5.41, 5.74) is 4.15. The Bertz CT molecular complexity index is 444. The Morgan fingerprint density at radius 1 is 1.50 bits per heavy atom. The number of aromatic hydroxyl groups is 1. The molecule has 0 aliphatic carbocycles. The zero-order valence-corrected chi connectivity index (χ0v) is 9.58. The Hall–Kier alpha value is -1.76. The number of benzene rings is 1. The van der Waals surface area contributed by atoms with Crippen LogP contribution in [0.5, 0.6) is 5.75 Å². The summed E-state index contributed by atoms with van der Waals surface area (Å²) in [6, 6.07) is 1.87. The van der Waals surface area contributed by atoms with Crippen LogP contribution in [0, 0.1) is 0 Å². The summed E-state index contributed by atoms with van der Waals surface area (Å²) in [6.07, 6.45) is -4.58. The highest BCUT2D eigenvalue weighted by Crippen LogP contribution is 2.34. The van der Waals surface area contributed by atoms with E-state index in [-0.39, 0.29) is 12.1 Å². The molecular weight excluding hydrogens is 249 g/mol. The Morgan fingerprint density at radius 3 is 2.61 bits per heavy atom.